The summed E-state index contributed by atoms with van der Waals surface area (Å²) >= 11 is 0. The lowest BCUT2D eigenvalue weighted by Gasteiger charge is -2.28. The maximum absolute atomic E-state index is 14.1. The molecule has 3 rings (SSSR count). The highest BCUT2D eigenvalue weighted by molar-refractivity contribution is 5.86. The second-order valence-corrected chi connectivity index (χ2v) is 6.00. The van der Waals surface area contributed by atoms with Crippen LogP contribution in [0.3, 0.4) is 0 Å². The van der Waals surface area contributed by atoms with Crippen molar-refractivity contribution in [2.45, 2.75) is 31.7 Å². The van der Waals surface area contributed by atoms with Crippen molar-refractivity contribution in [3.05, 3.63) is 36.3 Å². The summed E-state index contributed by atoms with van der Waals surface area (Å²) in [6.07, 6.45) is 6.34. The zero-order valence-electron chi connectivity index (χ0n) is 14.0. The minimum absolute atomic E-state index is 0.0426. The largest absolute Gasteiger partial charge is 0.452 e. The van der Waals surface area contributed by atoms with Gasteiger partial charge in [-0.1, -0.05) is 12.8 Å². The number of nitrogens with zero attached hydrogens (tertiary/aromatic N) is 2. The second-order valence-electron chi connectivity index (χ2n) is 6.00. The van der Waals surface area contributed by atoms with Gasteiger partial charge in [0.2, 0.25) is 6.41 Å². The van der Waals surface area contributed by atoms with E-state index in [1.807, 2.05) is 0 Å². The van der Waals surface area contributed by atoms with Crippen LogP contribution in [-0.2, 0) is 4.79 Å². The number of hydrogen-bond acceptors (Lipinski definition) is 5. The predicted octanol–water partition coefficient (Wildman–Crippen LogP) is 3.54. The fraction of sp³-hybridized carbons (Fsp3) is 0.333. The topological polar surface area (TPSA) is 80.5 Å². The number of halogens is 1. The van der Waals surface area contributed by atoms with Crippen molar-refractivity contribution < 1.29 is 13.9 Å². The summed E-state index contributed by atoms with van der Waals surface area (Å²) in [6, 6.07) is 5.94. The van der Waals surface area contributed by atoms with Crippen LogP contribution < -0.4 is 20.7 Å². The van der Waals surface area contributed by atoms with E-state index in [4.69, 9.17) is 10.5 Å². The van der Waals surface area contributed by atoms with Gasteiger partial charge in [-0.15, -0.1) is 0 Å². The molecule has 1 fully saturated rings. The second kappa shape index (κ2) is 7.38. The first-order valence-electron chi connectivity index (χ1n) is 8.27. The third-order valence-corrected chi connectivity index (χ3v) is 4.39. The zero-order chi connectivity index (χ0) is 17.8. The average Bonchev–Trinajstić information content (AvgIpc) is 3.13. The third kappa shape index (κ3) is 3.50. The van der Waals surface area contributed by atoms with Crippen LogP contribution >= 0.6 is 0 Å². The zero-order valence-corrected chi connectivity index (χ0v) is 14.0. The van der Waals surface area contributed by atoms with Gasteiger partial charge < -0.3 is 20.7 Å². The van der Waals surface area contributed by atoms with E-state index in [1.165, 1.54) is 12.1 Å². The molecule has 132 valence electrons. The Morgan fingerprint density at radius 1 is 1.32 bits per heavy atom. The third-order valence-electron chi connectivity index (χ3n) is 4.39. The monoisotopic (exact) mass is 344 g/mol. The van der Waals surface area contributed by atoms with Crippen molar-refractivity contribution >= 4 is 23.6 Å². The number of pyridine rings is 1. The molecule has 3 N–H and O–H groups in total. The van der Waals surface area contributed by atoms with Gasteiger partial charge in [0, 0.05) is 37.1 Å². The Balaban J connectivity index is 2.02. The average molecular weight is 344 g/mol. The molecule has 1 aromatic heterocycles. The summed E-state index contributed by atoms with van der Waals surface area (Å²) in [6.45, 7) is 0. The number of anilines is 3. The number of carbonyl (C=O) groups excluding carboxylic acids is 1. The van der Waals surface area contributed by atoms with E-state index >= 15 is 0 Å². The number of aromatic nitrogens is 1. The lowest BCUT2D eigenvalue weighted by atomic mass is 10.2. The van der Waals surface area contributed by atoms with E-state index < -0.39 is 5.82 Å². The van der Waals surface area contributed by atoms with E-state index in [9.17, 15) is 9.18 Å². The van der Waals surface area contributed by atoms with Gasteiger partial charge in [0.15, 0.2) is 23.1 Å². The number of rotatable bonds is 6. The molecule has 1 heterocycles. The Kier molecular flexibility index (Phi) is 5.02. The van der Waals surface area contributed by atoms with E-state index in [-0.39, 0.29) is 11.8 Å². The first kappa shape index (κ1) is 17.0. The van der Waals surface area contributed by atoms with Crippen LogP contribution in [0.2, 0.25) is 0 Å². The Bertz CT molecular complexity index is 763. The summed E-state index contributed by atoms with van der Waals surface area (Å²) in [5.41, 5.74) is 6.41. The van der Waals surface area contributed by atoms with Crippen molar-refractivity contribution in [1.29, 1.82) is 0 Å². The number of benzene rings is 1. The molecule has 6 nitrogen and oxygen atoms in total. The van der Waals surface area contributed by atoms with Gasteiger partial charge >= 0.3 is 0 Å². The van der Waals surface area contributed by atoms with Crippen LogP contribution in [0.25, 0.3) is 0 Å². The first-order valence-corrected chi connectivity index (χ1v) is 8.27. The maximum Gasteiger partial charge on any atom is 0.214 e. The van der Waals surface area contributed by atoms with Gasteiger partial charge in [0.1, 0.15) is 5.69 Å². The SMILES string of the molecule is CNc1nccc(Oc2ccc(N)cc2F)c1N(C=O)C1CCCC1. The molecule has 25 heavy (non-hydrogen) atoms. The molecule has 1 aliphatic carbocycles. The highest BCUT2D eigenvalue weighted by atomic mass is 19.1. The molecule has 0 aliphatic heterocycles. The van der Waals surface area contributed by atoms with Crippen LogP contribution in [0.5, 0.6) is 11.5 Å². The van der Waals surface area contributed by atoms with Crippen LogP contribution in [-0.4, -0.2) is 24.5 Å². The number of carbonyl (C=O) groups is 1. The Labute approximate surface area is 145 Å². The normalized spacial score (nSPS) is 14.3. The Hall–Kier alpha value is -2.83. The molecule has 1 aromatic carbocycles. The predicted molar refractivity (Wildman–Crippen MR) is 95.5 cm³/mol. The van der Waals surface area contributed by atoms with E-state index in [0.29, 0.717) is 22.9 Å². The van der Waals surface area contributed by atoms with Crippen molar-refractivity contribution in [2.75, 3.05) is 23.0 Å². The number of nitrogens with two attached hydrogens (primary N) is 1. The summed E-state index contributed by atoms with van der Waals surface area (Å²) in [5.74, 6) is 0.350. The summed E-state index contributed by atoms with van der Waals surface area (Å²) in [5, 5.41) is 2.98. The first-order chi connectivity index (χ1) is 12.1. The summed E-state index contributed by atoms with van der Waals surface area (Å²) < 4.78 is 19.9. The van der Waals surface area contributed by atoms with Gasteiger partial charge in [-0.2, -0.15) is 0 Å². The van der Waals surface area contributed by atoms with Crippen molar-refractivity contribution in [1.82, 2.24) is 4.98 Å². The molecule has 1 amide bonds. The van der Waals surface area contributed by atoms with Crippen molar-refractivity contribution in [2.24, 2.45) is 0 Å². The van der Waals surface area contributed by atoms with Gasteiger partial charge in [0.25, 0.3) is 0 Å². The lowest BCUT2D eigenvalue weighted by Crippen LogP contribution is -2.32. The molecule has 7 heteroatoms. The molecule has 2 aromatic rings. The molecule has 1 aliphatic rings. The molecule has 0 spiro atoms. The number of amides is 1. The van der Waals surface area contributed by atoms with Gasteiger partial charge in [0.05, 0.1) is 0 Å². The smallest absolute Gasteiger partial charge is 0.214 e. The Morgan fingerprint density at radius 2 is 2.08 bits per heavy atom. The minimum Gasteiger partial charge on any atom is -0.452 e. The molecule has 0 radical (unpaired) electrons. The number of hydrogen-bond donors (Lipinski definition) is 2. The van der Waals surface area contributed by atoms with Gasteiger partial charge in [-0.25, -0.2) is 9.37 Å². The minimum atomic E-state index is -0.563. The van der Waals surface area contributed by atoms with Crippen molar-refractivity contribution in [3.8, 4) is 11.5 Å². The van der Waals surface area contributed by atoms with Crippen LogP contribution in [0.15, 0.2) is 30.5 Å². The van der Waals surface area contributed by atoms with E-state index in [0.717, 1.165) is 32.1 Å². The molecular weight excluding hydrogens is 323 g/mol. The Morgan fingerprint density at radius 3 is 2.72 bits per heavy atom. The van der Waals surface area contributed by atoms with Crippen LogP contribution in [0.4, 0.5) is 21.6 Å². The highest BCUT2D eigenvalue weighted by Gasteiger charge is 2.28. The number of nitrogen functional groups attached to an aromatic ring is 1. The molecule has 0 atom stereocenters. The fourth-order valence-electron chi connectivity index (χ4n) is 3.17. The van der Waals surface area contributed by atoms with Gasteiger partial charge in [-0.05, 0) is 25.0 Å². The summed E-state index contributed by atoms with van der Waals surface area (Å²) in [4.78, 5) is 17.7. The van der Waals surface area contributed by atoms with Crippen LogP contribution in [0, 0.1) is 5.82 Å². The molecule has 1 saturated carbocycles. The van der Waals surface area contributed by atoms with E-state index in [1.54, 1.807) is 30.3 Å². The van der Waals surface area contributed by atoms with Crippen molar-refractivity contribution in [3.63, 3.8) is 0 Å². The number of nitrogens with one attached hydrogen (secondary N) is 1. The summed E-state index contributed by atoms with van der Waals surface area (Å²) in [7, 11) is 1.72. The quantitative estimate of drug-likeness (QED) is 0.619. The molecule has 0 saturated heterocycles. The molecule has 0 unspecified atom stereocenters. The van der Waals surface area contributed by atoms with Crippen LogP contribution in [0.1, 0.15) is 25.7 Å². The van der Waals surface area contributed by atoms with Gasteiger partial charge in [-0.3, -0.25) is 4.79 Å². The standard InChI is InChI=1S/C18H21FN4O2/c1-21-18-17(23(11-24)13-4-2-3-5-13)16(8-9-22-18)25-15-7-6-12(20)10-14(15)19/h6-11,13H,2-5,20H2,1H3,(H,21,22). The number of ether oxygens (including phenoxy) is 1. The van der Waals surface area contributed by atoms with E-state index in [2.05, 4.69) is 10.3 Å². The maximum atomic E-state index is 14.1. The molecular formula is C18H21FN4O2. The lowest BCUT2D eigenvalue weighted by molar-refractivity contribution is -0.107. The highest BCUT2D eigenvalue weighted by Crippen LogP contribution is 2.40. The molecule has 0 bridgehead atoms. The fourth-order valence-corrected chi connectivity index (χ4v) is 3.17.